The number of benzene rings is 1. The molecule has 0 saturated carbocycles. The van der Waals surface area contributed by atoms with Crippen LogP contribution in [0, 0.1) is 5.82 Å². The first-order chi connectivity index (χ1) is 7.58. The third-order valence-electron chi connectivity index (χ3n) is 2.64. The predicted molar refractivity (Wildman–Crippen MR) is 59.4 cm³/mol. The molecular formula is C11H12ClFN2O. The molecule has 1 heterocycles. The fourth-order valence-corrected chi connectivity index (χ4v) is 2.02. The third-order valence-corrected chi connectivity index (χ3v) is 3.06. The Morgan fingerprint density at radius 3 is 2.94 bits per heavy atom. The second-order valence-electron chi connectivity index (χ2n) is 3.95. The summed E-state index contributed by atoms with van der Waals surface area (Å²) in [6.45, 7) is 0.828. The standard InChI is InChI=1S/C11H12ClFN2O/c12-11-7(2-1-3-9(11)13)5-15-6-8(14)4-10(15)16/h1-3,8H,4-6,14H2. The second-order valence-corrected chi connectivity index (χ2v) is 4.33. The molecule has 1 aromatic carbocycles. The first kappa shape index (κ1) is 11.4. The number of carbonyl (C=O) groups excluding carboxylic acids is 1. The zero-order valence-electron chi connectivity index (χ0n) is 8.62. The highest BCUT2D eigenvalue weighted by atomic mass is 35.5. The van der Waals surface area contributed by atoms with Gasteiger partial charge in [0.05, 0.1) is 5.02 Å². The minimum absolute atomic E-state index is 0.00664. The summed E-state index contributed by atoms with van der Waals surface area (Å²) in [6.07, 6.45) is 0.354. The molecule has 16 heavy (non-hydrogen) atoms. The SMILES string of the molecule is NC1CC(=O)N(Cc2cccc(F)c2Cl)C1. The Morgan fingerprint density at radius 1 is 1.56 bits per heavy atom. The van der Waals surface area contributed by atoms with E-state index in [0.29, 0.717) is 25.1 Å². The molecule has 1 saturated heterocycles. The van der Waals surface area contributed by atoms with Crippen LogP contribution >= 0.6 is 11.6 Å². The minimum Gasteiger partial charge on any atom is -0.337 e. The summed E-state index contributed by atoms with van der Waals surface area (Å²) >= 11 is 5.81. The van der Waals surface area contributed by atoms with Gasteiger partial charge < -0.3 is 10.6 Å². The number of rotatable bonds is 2. The maximum atomic E-state index is 13.2. The number of likely N-dealkylation sites (tertiary alicyclic amines) is 1. The molecule has 1 fully saturated rings. The Hall–Kier alpha value is -1.13. The largest absolute Gasteiger partial charge is 0.337 e. The van der Waals surface area contributed by atoms with Gasteiger partial charge in [-0.2, -0.15) is 0 Å². The molecule has 2 rings (SSSR count). The highest BCUT2D eigenvalue weighted by molar-refractivity contribution is 6.31. The smallest absolute Gasteiger partial charge is 0.224 e. The van der Waals surface area contributed by atoms with E-state index in [1.165, 1.54) is 6.07 Å². The van der Waals surface area contributed by atoms with Crippen LogP contribution in [0.25, 0.3) is 0 Å². The zero-order chi connectivity index (χ0) is 11.7. The molecule has 1 aromatic rings. The molecule has 0 radical (unpaired) electrons. The Balaban J connectivity index is 2.15. The van der Waals surface area contributed by atoms with Crippen LogP contribution in [0.5, 0.6) is 0 Å². The van der Waals surface area contributed by atoms with Gasteiger partial charge in [-0.25, -0.2) is 4.39 Å². The normalized spacial score (nSPS) is 20.6. The number of hydrogen-bond acceptors (Lipinski definition) is 2. The maximum Gasteiger partial charge on any atom is 0.224 e. The van der Waals surface area contributed by atoms with Crippen LogP contribution in [0.1, 0.15) is 12.0 Å². The van der Waals surface area contributed by atoms with Crippen molar-refractivity contribution in [2.45, 2.75) is 19.0 Å². The molecule has 5 heteroatoms. The first-order valence-electron chi connectivity index (χ1n) is 5.04. The van der Waals surface area contributed by atoms with Crippen LogP contribution in [-0.4, -0.2) is 23.4 Å². The molecule has 0 spiro atoms. The molecule has 1 aliphatic heterocycles. The summed E-state index contributed by atoms with van der Waals surface area (Å²) in [5.74, 6) is -0.470. The molecule has 1 amide bonds. The van der Waals surface area contributed by atoms with E-state index >= 15 is 0 Å². The fraction of sp³-hybridized carbons (Fsp3) is 0.364. The van der Waals surface area contributed by atoms with E-state index in [4.69, 9.17) is 17.3 Å². The van der Waals surface area contributed by atoms with Gasteiger partial charge in [0.1, 0.15) is 5.82 Å². The lowest BCUT2D eigenvalue weighted by Crippen LogP contribution is -2.27. The van der Waals surface area contributed by atoms with Crippen molar-refractivity contribution in [2.75, 3.05) is 6.54 Å². The van der Waals surface area contributed by atoms with Crippen LogP contribution in [0.15, 0.2) is 18.2 Å². The fourth-order valence-electron chi connectivity index (χ4n) is 1.83. The van der Waals surface area contributed by atoms with Gasteiger partial charge in [0, 0.05) is 25.6 Å². The van der Waals surface area contributed by atoms with E-state index in [-0.39, 0.29) is 17.0 Å². The quantitative estimate of drug-likeness (QED) is 0.855. The van der Waals surface area contributed by atoms with E-state index in [1.807, 2.05) is 0 Å². The number of hydrogen-bond donors (Lipinski definition) is 1. The second kappa shape index (κ2) is 4.39. The van der Waals surface area contributed by atoms with E-state index in [0.717, 1.165) is 0 Å². The van der Waals surface area contributed by atoms with Crippen LogP contribution in [0.2, 0.25) is 5.02 Å². The summed E-state index contributed by atoms with van der Waals surface area (Å²) in [6, 6.07) is 4.46. The summed E-state index contributed by atoms with van der Waals surface area (Å²) in [7, 11) is 0. The van der Waals surface area contributed by atoms with Crippen molar-refractivity contribution in [1.29, 1.82) is 0 Å². The molecule has 86 valence electrons. The topological polar surface area (TPSA) is 46.3 Å². The van der Waals surface area contributed by atoms with E-state index in [2.05, 4.69) is 0 Å². The predicted octanol–water partition coefficient (Wildman–Crippen LogP) is 1.54. The average molecular weight is 243 g/mol. The van der Waals surface area contributed by atoms with Crippen LogP contribution in [0.4, 0.5) is 4.39 Å². The summed E-state index contributed by atoms with van der Waals surface area (Å²) < 4.78 is 13.2. The van der Waals surface area contributed by atoms with Gasteiger partial charge in [-0.05, 0) is 11.6 Å². The Bertz CT molecular complexity index is 424. The maximum absolute atomic E-state index is 13.2. The van der Waals surface area contributed by atoms with Crippen molar-refractivity contribution in [3.05, 3.63) is 34.6 Å². The number of carbonyl (C=O) groups is 1. The van der Waals surface area contributed by atoms with Gasteiger partial charge >= 0.3 is 0 Å². The van der Waals surface area contributed by atoms with Gasteiger partial charge in [0.25, 0.3) is 0 Å². The number of nitrogens with zero attached hydrogens (tertiary/aromatic N) is 1. The lowest BCUT2D eigenvalue weighted by atomic mass is 10.2. The number of nitrogens with two attached hydrogens (primary N) is 1. The Labute approximate surface area is 98.0 Å². The number of halogens is 2. The molecule has 0 aromatic heterocycles. The Kier molecular flexibility index (Phi) is 3.12. The molecular weight excluding hydrogens is 231 g/mol. The van der Waals surface area contributed by atoms with Crippen LogP contribution in [-0.2, 0) is 11.3 Å². The van der Waals surface area contributed by atoms with Gasteiger partial charge in [0.15, 0.2) is 0 Å². The summed E-state index contributed by atoms with van der Waals surface area (Å²) in [5.41, 5.74) is 6.28. The molecule has 0 bridgehead atoms. The van der Waals surface area contributed by atoms with Gasteiger partial charge in [-0.3, -0.25) is 4.79 Å². The van der Waals surface area contributed by atoms with Crippen molar-refractivity contribution in [1.82, 2.24) is 4.90 Å². The van der Waals surface area contributed by atoms with E-state index in [1.54, 1.807) is 17.0 Å². The molecule has 3 nitrogen and oxygen atoms in total. The van der Waals surface area contributed by atoms with E-state index < -0.39 is 5.82 Å². The lowest BCUT2D eigenvalue weighted by molar-refractivity contribution is -0.128. The minimum atomic E-state index is -0.463. The zero-order valence-corrected chi connectivity index (χ0v) is 9.38. The monoisotopic (exact) mass is 242 g/mol. The van der Waals surface area contributed by atoms with Gasteiger partial charge in [0.2, 0.25) is 5.91 Å². The third kappa shape index (κ3) is 2.18. The molecule has 0 aliphatic carbocycles. The van der Waals surface area contributed by atoms with Crippen LogP contribution < -0.4 is 5.73 Å². The number of amides is 1. The lowest BCUT2D eigenvalue weighted by Gasteiger charge is -2.16. The summed E-state index contributed by atoms with van der Waals surface area (Å²) in [5, 5.41) is 0.0794. The van der Waals surface area contributed by atoms with Gasteiger partial charge in [-0.1, -0.05) is 23.7 Å². The van der Waals surface area contributed by atoms with Gasteiger partial charge in [-0.15, -0.1) is 0 Å². The van der Waals surface area contributed by atoms with Crippen LogP contribution in [0.3, 0.4) is 0 Å². The summed E-state index contributed by atoms with van der Waals surface area (Å²) in [4.78, 5) is 13.1. The van der Waals surface area contributed by atoms with Crippen molar-refractivity contribution in [3.8, 4) is 0 Å². The molecule has 1 aliphatic rings. The van der Waals surface area contributed by atoms with E-state index in [9.17, 15) is 9.18 Å². The Morgan fingerprint density at radius 2 is 2.31 bits per heavy atom. The average Bonchev–Trinajstić information content (AvgIpc) is 2.53. The van der Waals surface area contributed by atoms with Crippen molar-refractivity contribution in [2.24, 2.45) is 5.73 Å². The molecule has 2 N–H and O–H groups in total. The van der Waals surface area contributed by atoms with Crippen molar-refractivity contribution >= 4 is 17.5 Å². The first-order valence-corrected chi connectivity index (χ1v) is 5.42. The highest BCUT2D eigenvalue weighted by Crippen LogP contribution is 2.22. The molecule has 1 atom stereocenters. The van der Waals surface area contributed by atoms with Crippen molar-refractivity contribution in [3.63, 3.8) is 0 Å². The van der Waals surface area contributed by atoms with Crippen molar-refractivity contribution < 1.29 is 9.18 Å². The molecule has 1 unspecified atom stereocenters. The highest BCUT2D eigenvalue weighted by Gasteiger charge is 2.27.